The predicted molar refractivity (Wildman–Crippen MR) is 60.2 cm³/mol. The minimum Gasteiger partial charge on any atom is -0.481 e. The summed E-state index contributed by atoms with van der Waals surface area (Å²) in [6.07, 6.45) is 3.05. The molecule has 3 heteroatoms. The lowest BCUT2D eigenvalue weighted by Crippen LogP contribution is -2.09. The number of hydrogen-bond acceptors (Lipinski definition) is 2. The highest BCUT2D eigenvalue weighted by atomic mass is 16.5. The van der Waals surface area contributed by atoms with E-state index in [0.29, 0.717) is 6.42 Å². The lowest BCUT2D eigenvalue weighted by Gasteiger charge is -2.13. The number of hydrogen-bond donors (Lipinski definition) is 1. The highest BCUT2D eigenvalue weighted by molar-refractivity contribution is 5.66. The number of rotatable bonds is 4. The van der Waals surface area contributed by atoms with E-state index >= 15 is 0 Å². The molecule has 1 aromatic carbocycles. The van der Waals surface area contributed by atoms with Gasteiger partial charge in [0, 0.05) is 6.42 Å². The quantitative estimate of drug-likeness (QED) is 0.848. The van der Waals surface area contributed by atoms with E-state index in [9.17, 15) is 4.79 Å². The molecule has 1 saturated heterocycles. The molecule has 1 fully saturated rings. The maximum absolute atomic E-state index is 10.5. The van der Waals surface area contributed by atoms with Gasteiger partial charge < -0.3 is 9.84 Å². The third kappa shape index (κ3) is 2.83. The second-order valence-corrected chi connectivity index (χ2v) is 4.17. The summed E-state index contributed by atoms with van der Waals surface area (Å²) in [5, 5.41) is 8.60. The van der Waals surface area contributed by atoms with E-state index in [2.05, 4.69) is 12.1 Å². The van der Waals surface area contributed by atoms with Crippen molar-refractivity contribution >= 4 is 5.97 Å². The van der Waals surface area contributed by atoms with Gasteiger partial charge in [-0.3, -0.25) is 4.79 Å². The van der Waals surface area contributed by atoms with E-state index in [1.165, 1.54) is 5.56 Å². The van der Waals surface area contributed by atoms with Crippen LogP contribution in [0.1, 0.15) is 37.4 Å². The topological polar surface area (TPSA) is 46.5 Å². The van der Waals surface area contributed by atoms with Gasteiger partial charge in [0.2, 0.25) is 0 Å². The Hall–Kier alpha value is -1.35. The smallest absolute Gasteiger partial charge is 0.303 e. The van der Waals surface area contributed by atoms with Gasteiger partial charge in [0.25, 0.3) is 0 Å². The molecule has 0 saturated carbocycles. The number of benzene rings is 1. The zero-order chi connectivity index (χ0) is 11.4. The first-order valence-corrected chi connectivity index (χ1v) is 5.68. The third-order valence-corrected chi connectivity index (χ3v) is 2.96. The van der Waals surface area contributed by atoms with Gasteiger partial charge in [-0.05, 0) is 24.8 Å². The molecule has 1 N–H and O–H groups in total. The van der Waals surface area contributed by atoms with E-state index in [1.54, 1.807) is 0 Å². The fraction of sp³-hybridized carbons (Fsp3) is 0.462. The normalized spacial score (nSPS) is 24.5. The average molecular weight is 220 g/mol. The zero-order valence-corrected chi connectivity index (χ0v) is 9.13. The second-order valence-electron chi connectivity index (χ2n) is 4.17. The Morgan fingerprint density at radius 3 is 2.75 bits per heavy atom. The van der Waals surface area contributed by atoms with E-state index in [4.69, 9.17) is 9.84 Å². The molecule has 0 radical (unpaired) electrons. The number of aliphatic carboxylic acids is 1. The average Bonchev–Trinajstić information content (AvgIpc) is 2.76. The number of ether oxygens (including phenoxy) is 1. The lowest BCUT2D eigenvalue weighted by atomic mass is 10.1. The van der Waals surface area contributed by atoms with E-state index < -0.39 is 5.97 Å². The Bertz CT molecular complexity index is 347. The molecular weight excluding hydrogens is 204 g/mol. The van der Waals surface area contributed by atoms with E-state index in [1.807, 2.05) is 18.2 Å². The van der Waals surface area contributed by atoms with Crippen LogP contribution in [0.3, 0.4) is 0 Å². The number of carbonyl (C=O) groups is 1. The van der Waals surface area contributed by atoms with Crippen molar-refractivity contribution in [3.8, 4) is 0 Å². The number of carboxylic acid groups (broad SMARTS) is 1. The highest BCUT2D eigenvalue weighted by Gasteiger charge is 2.26. The molecule has 0 bridgehead atoms. The Morgan fingerprint density at radius 1 is 1.31 bits per heavy atom. The van der Waals surface area contributed by atoms with Gasteiger partial charge in [-0.25, -0.2) is 0 Å². The molecule has 1 aromatic rings. The fourth-order valence-electron chi connectivity index (χ4n) is 2.12. The molecule has 1 heterocycles. The van der Waals surface area contributed by atoms with Crippen molar-refractivity contribution in [2.45, 2.75) is 37.9 Å². The molecule has 0 aromatic heterocycles. The summed E-state index contributed by atoms with van der Waals surface area (Å²) >= 11 is 0. The van der Waals surface area contributed by atoms with Crippen molar-refractivity contribution in [2.75, 3.05) is 0 Å². The van der Waals surface area contributed by atoms with Crippen LogP contribution in [-0.4, -0.2) is 17.2 Å². The Labute approximate surface area is 95.0 Å². The molecule has 0 spiro atoms. The standard InChI is InChI=1S/C13H16O3/c14-13(15)9-7-11-6-8-12(16-11)10-4-2-1-3-5-10/h1-5,11-12H,6-9H2,(H,14,15)/t11-,12+/m0/s1. The molecule has 1 aliphatic rings. The van der Waals surface area contributed by atoms with Crippen molar-refractivity contribution in [1.29, 1.82) is 0 Å². The molecule has 1 aliphatic heterocycles. The van der Waals surface area contributed by atoms with E-state index in [-0.39, 0.29) is 18.6 Å². The van der Waals surface area contributed by atoms with Gasteiger partial charge in [-0.1, -0.05) is 30.3 Å². The SMILES string of the molecule is O=C(O)CC[C@@H]1CC[C@H](c2ccccc2)O1. The van der Waals surface area contributed by atoms with E-state index in [0.717, 1.165) is 12.8 Å². The summed E-state index contributed by atoms with van der Waals surface area (Å²) in [5.74, 6) is -0.744. The van der Waals surface area contributed by atoms with Gasteiger partial charge in [0.05, 0.1) is 12.2 Å². The van der Waals surface area contributed by atoms with Crippen LogP contribution in [0.25, 0.3) is 0 Å². The largest absolute Gasteiger partial charge is 0.481 e. The summed E-state index contributed by atoms with van der Waals surface area (Å²) < 4.78 is 5.83. The number of carboxylic acids is 1. The summed E-state index contributed by atoms with van der Waals surface area (Å²) in [4.78, 5) is 10.5. The van der Waals surface area contributed by atoms with Crippen LogP contribution in [0.15, 0.2) is 30.3 Å². The predicted octanol–water partition coefficient (Wildman–Crippen LogP) is 2.77. The van der Waals surface area contributed by atoms with Crippen LogP contribution >= 0.6 is 0 Å². The molecule has 2 rings (SSSR count). The van der Waals surface area contributed by atoms with Gasteiger partial charge in [-0.15, -0.1) is 0 Å². The molecule has 0 amide bonds. The first-order chi connectivity index (χ1) is 7.75. The monoisotopic (exact) mass is 220 g/mol. The van der Waals surface area contributed by atoms with Gasteiger partial charge >= 0.3 is 5.97 Å². The molecule has 0 unspecified atom stereocenters. The molecule has 16 heavy (non-hydrogen) atoms. The lowest BCUT2D eigenvalue weighted by molar-refractivity contribution is -0.137. The maximum Gasteiger partial charge on any atom is 0.303 e. The summed E-state index contributed by atoms with van der Waals surface area (Å²) in [5.41, 5.74) is 1.19. The van der Waals surface area contributed by atoms with Crippen LogP contribution in [0.5, 0.6) is 0 Å². The van der Waals surface area contributed by atoms with Crippen molar-refractivity contribution < 1.29 is 14.6 Å². The maximum atomic E-state index is 10.5. The fourth-order valence-corrected chi connectivity index (χ4v) is 2.12. The molecule has 2 atom stereocenters. The van der Waals surface area contributed by atoms with Crippen LogP contribution in [0, 0.1) is 0 Å². The Balaban J connectivity index is 1.86. The minimum atomic E-state index is -0.744. The second kappa shape index (κ2) is 5.12. The van der Waals surface area contributed by atoms with Crippen molar-refractivity contribution in [2.24, 2.45) is 0 Å². The molecular formula is C13H16O3. The Morgan fingerprint density at radius 2 is 2.06 bits per heavy atom. The van der Waals surface area contributed by atoms with Crippen LogP contribution in [0.2, 0.25) is 0 Å². The molecule has 86 valence electrons. The van der Waals surface area contributed by atoms with Crippen LogP contribution < -0.4 is 0 Å². The summed E-state index contributed by atoms with van der Waals surface area (Å²) in [6.45, 7) is 0. The first-order valence-electron chi connectivity index (χ1n) is 5.68. The van der Waals surface area contributed by atoms with Crippen molar-refractivity contribution in [3.05, 3.63) is 35.9 Å². The van der Waals surface area contributed by atoms with Crippen molar-refractivity contribution in [3.63, 3.8) is 0 Å². The van der Waals surface area contributed by atoms with Gasteiger partial charge in [0.1, 0.15) is 0 Å². The molecule has 0 aliphatic carbocycles. The van der Waals surface area contributed by atoms with Crippen LogP contribution in [0.4, 0.5) is 0 Å². The Kier molecular flexibility index (Phi) is 3.57. The van der Waals surface area contributed by atoms with Crippen molar-refractivity contribution in [1.82, 2.24) is 0 Å². The third-order valence-electron chi connectivity index (χ3n) is 2.96. The first kappa shape index (κ1) is 11.1. The van der Waals surface area contributed by atoms with Crippen LogP contribution in [-0.2, 0) is 9.53 Å². The van der Waals surface area contributed by atoms with Gasteiger partial charge in [-0.2, -0.15) is 0 Å². The zero-order valence-electron chi connectivity index (χ0n) is 9.13. The highest BCUT2D eigenvalue weighted by Crippen LogP contribution is 2.34. The summed E-state index contributed by atoms with van der Waals surface area (Å²) in [6, 6.07) is 10.1. The minimum absolute atomic E-state index is 0.112. The molecule has 3 nitrogen and oxygen atoms in total. The van der Waals surface area contributed by atoms with Gasteiger partial charge in [0.15, 0.2) is 0 Å². The summed E-state index contributed by atoms with van der Waals surface area (Å²) in [7, 11) is 0.